The number of hydrogen-bond acceptors (Lipinski definition) is 3. The number of amides is 1. The first kappa shape index (κ1) is 11.9. The minimum atomic E-state index is -0.820. The quantitative estimate of drug-likeness (QED) is 0.494. The number of carbonyl (C=O) groups excluding carboxylic acids is 1. The van der Waals surface area contributed by atoms with Crippen LogP contribution in [0.25, 0.3) is 0 Å². The van der Waals surface area contributed by atoms with Crippen LogP contribution in [0, 0.1) is 0 Å². The van der Waals surface area contributed by atoms with Gasteiger partial charge in [-0.1, -0.05) is 0 Å². The van der Waals surface area contributed by atoms with Gasteiger partial charge in [-0.3, -0.25) is 9.59 Å². The van der Waals surface area contributed by atoms with Crippen molar-refractivity contribution in [1.29, 1.82) is 0 Å². The molecule has 0 saturated carbocycles. The predicted octanol–water partition coefficient (Wildman–Crippen LogP) is -0.425. The minimum Gasteiger partial charge on any atom is -0.481 e. The van der Waals surface area contributed by atoms with Crippen molar-refractivity contribution in [2.45, 2.75) is 26.3 Å². The van der Waals surface area contributed by atoms with Crippen LogP contribution in [-0.4, -0.2) is 36.1 Å². The van der Waals surface area contributed by atoms with Crippen molar-refractivity contribution in [3.8, 4) is 0 Å². The molecule has 3 N–H and O–H groups in total. The van der Waals surface area contributed by atoms with Gasteiger partial charge >= 0.3 is 5.97 Å². The molecule has 76 valence electrons. The summed E-state index contributed by atoms with van der Waals surface area (Å²) in [4.78, 5) is 20.7. The highest BCUT2D eigenvalue weighted by atomic mass is 16.4. The molecule has 0 saturated heterocycles. The van der Waals surface area contributed by atoms with Crippen molar-refractivity contribution in [2.75, 3.05) is 13.1 Å². The summed E-state index contributed by atoms with van der Waals surface area (Å²) in [6.45, 7) is 4.36. The summed E-state index contributed by atoms with van der Waals surface area (Å²) in [6.07, 6.45) is 0.0973. The Morgan fingerprint density at radius 1 is 1.38 bits per heavy atom. The molecule has 1 atom stereocenters. The van der Waals surface area contributed by atoms with Gasteiger partial charge in [0.2, 0.25) is 5.91 Å². The molecule has 5 heteroatoms. The van der Waals surface area contributed by atoms with E-state index >= 15 is 0 Å². The standard InChI is InChI=1S/C8H16N2O3/c1-6(5-8(12)13)9-3-4-10-7(2)11/h6,9H,3-5H2,1-2H3,(H,10,11)(H,12,13). The Kier molecular flexibility index (Phi) is 5.88. The summed E-state index contributed by atoms with van der Waals surface area (Å²) in [5, 5.41) is 14.0. The van der Waals surface area contributed by atoms with Crippen LogP contribution in [0.15, 0.2) is 0 Å². The second-order valence-electron chi connectivity index (χ2n) is 2.94. The van der Waals surface area contributed by atoms with E-state index in [1.807, 2.05) is 0 Å². The summed E-state index contributed by atoms with van der Waals surface area (Å²) >= 11 is 0. The van der Waals surface area contributed by atoms with Gasteiger partial charge in [0.1, 0.15) is 0 Å². The van der Waals surface area contributed by atoms with Crippen LogP contribution < -0.4 is 10.6 Å². The van der Waals surface area contributed by atoms with Gasteiger partial charge in [0.25, 0.3) is 0 Å². The number of rotatable bonds is 6. The highest BCUT2D eigenvalue weighted by Crippen LogP contribution is 1.88. The van der Waals surface area contributed by atoms with Gasteiger partial charge < -0.3 is 15.7 Å². The first-order chi connectivity index (χ1) is 6.02. The maximum atomic E-state index is 10.4. The zero-order chi connectivity index (χ0) is 10.3. The molecule has 0 rings (SSSR count). The summed E-state index contributed by atoms with van der Waals surface area (Å²) in [5.41, 5.74) is 0. The lowest BCUT2D eigenvalue weighted by Gasteiger charge is -2.10. The first-order valence-corrected chi connectivity index (χ1v) is 4.22. The Hall–Kier alpha value is -1.10. The van der Waals surface area contributed by atoms with Crippen LogP contribution in [0.2, 0.25) is 0 Å². The predicted molar refractivity (Wildman–Crippen MR) is 48.4 cm³/mol. The van der Waals surface area contributed by atoms with Gasteiger partial charge in [0.15, 0.2) is 0 Å². The molecule has 0 aliphatic heterocycles. The molecule has 0 aromatic rings. The van der Waals surface area contributed by atoms with E-state index in [4.69, 9.17) is 5.11 Å². The molecule has 0 radical (unpaired) electrons. The molecule has 0 aliphatic carbocycles. The van der Waals surface area contributed by atoms with Crippen LogP contribution in [0.1, 0.15) is 20.3 Å². The van der Waals surface area contributed by atoms with Crippen molar-refractivity contribution in [3.63, 3.8) is 0 Å². The average molecular weight is 188 g/mol. The van der Waals surface area contributed by atoms with E-state index in [1.165, 1.54) is 6.92 Å². The average Bonchev–Trinajstić information content (AvgIpc) is 1.96. The first-order valence-electron chi connectivity index (χ1n) is 4.22. The minimum absolute atomic E-state index is 0.0636. The van der Waals surface area contributed by atoms with Gasteiger partial charge in [0, 0.05) is 26.1 Å². The second-order valence-corrected chi connectivity index (χ2v) is 2.94. The third-order valence-electron chi connectivity index (χ3n) is 1.47. The maximum absolute atomic E-state index is 10.4. The molecule has 5 nitrogen and oxygen atoms in total. The molecular weight excluding hydrogens is 172 g/mol. The number of aliphatic carboxylic acids is 1. The van der Waals surface area contributed by atoms with Crippen molar-refractivity contribution in [3.05, 3.63) is 0 Å². The fourth-order valence-electron chi connectivity index (χ4n) is 0.891. The molecule has 0 aromatic carbocycles. The Morgan fingerprint density at radius 3 is 2.46 bits per heavy atom. The van der Waals surface area contributed by atoms with E-state index in [2.05, 4.69) is 10.6 Å². The lowest BCUT2D eigenvalue weighted by Crippen LogP contribution is -2.35. The number of carbonyl (C=O) groups is 2. The van der Waals surface area contributed by atoms with Gasteiger partial charge in [-0.25, -0.2) is 0 Å². The summed E-state index contributed by atoms with van der Waals surface area (Å²) in [7, 11) is 0. The third-order valence-corrected chi connectivity index (χ3v) is 1.47. The van der Waals surface area contributed by atoms with E-state index in [9.17, 15) is 9.59 Å². The van der Waals surface area contributed by atoms with Gasteiger partial charge in [-0.15, -0.1) is 0 Å². The third kappa shape index (κ3) is 8.81. The normalized spacial score (nSPS) is 12.2. The molecule has 0 aliphatic rings. The monoisotopic (exact) mass is 188 g/mol. The van der Waals surface area contributed by atoms with Crippen LogP contribution in [0.5, 0.6) is 0 Å². The van der Waals surface area contributed by atoms with E-state index in [1.54, 1.807) is 6.92 Å². The Morgan fingerprint density at radius 2 is 2.00 bits per heavy atom. The fraction of sp³-hybridized carbons (Fsp3) is 0.750. The van der Waals surface area contributed by atoms with Gasteiger partial charge in [-0.2, -0.15) is 0 Å². The van der Waals surface area contributed by atoms with Crippen LogP contribution in [0.4, 0.5) is 0 Å². The highest BCUT2D eigenvalue weighted by Gasteiger charge is 2.05. The molecule has 1 unspecified atom stereocenters. The van der Waals surface area contributed by atoms with Crippen molar-refractivity contribution >= 4 is 11.9 Å². The molecule has 1 amide bonds. The van der Waals surface area contributed by atoms with E-state index in [0.29, 0.717) is 13.1 Å². The van der Waals surface area contributed by atoms with Gasteiger partial charge in [0.05, 0.1) is 6.42 Å². The van der Waals surface area contributed by atoms with Crippen LogP contribution in [0.3, 0.4) is 0 Å². The number of carboxylic acids is 1. The lowest BCUT2D eigenvalue weighted by atomic mass is 10.2. The van der Waals surface area contributed by atoms with Crippen molar-refractivity contribution in [2.24, 2.45) is 0 Å². The molecule has 0 spiro atoms. The van der Waals surface area contributed by atoms with Crippen LogP contribution >= 0.6 is 0 Å². The summed E-state index contributed by atoms with van der Waals surface area (Å²) < 4.78 is 0. The van der Waals surface area contributed by atoms with E-state index < -0.39 is 5.97 Å². The van der Waals surface area contributed by atoms with E-state index in [0.717, 1.165) is 0 Å². The molecule has 13 heavy (non-hydrogen) atoms. The Balaban J connectivity index is 3.31. The lowest BCUT2D eigenvalue weighted by molar-refractivity contribution is -0.137. The summed E-state index contributed by atoms with van der Waals surface area (Å²) in [6, 6.07) is -0.0636. The fourth-order valence-corrected chi connectivity index (χ4v) is 0.891. The van der Waals surface area contributed by atoms with Gasteiger partial charge in [-0.05, 0) is 6.92 Å². The topological polar surface area (TPSA) is 78.4 Å². The zero-order valence-electron chi connectivity index (χ0n) is 7.96. The van der Waals surface area contributed by atoms with Crippen molar-refractivity contribution in [1.82, 2.24) is 10.6 Å². The van der Waals surface area contributed by atoms with Crippen molar-refractivity contribution < 1.29 is 14.7 Å². The molecule has 0 fully saturated rings. The number of carboxylic acid groups (broad SMARTS) is 1. The summed E-state index contributed by atoms with van der Waals surface area (Å²) in [5.74, 6) is -0.896. The number of nitrogens with one attached hydrogen (secondary N) is 2. The second kappa shape index (κ2) is 6.42. The SMILES string of the molecule is CC(=O)NCCNC(C)CC(=O)O. The zero-order valence-corrected chi connectivity index (χ0v) is 7.96. The molecule has 0 bridgehead atoms. The Labute approximate surface area is 77.5 Å². The molecule has 0 aromatic heterocycles. The highest BCUT2D eigenvalue weighted by molar-refractivity contribution is 5.72. The maximum Gasteiger partial charge on any atom is 0.304 e. The smallest absolute Gasteiger partial charge is 0.304 e. The number of hydrogen-bond donors (Lipinski definition) is 3. The largest absolute Gasteiger partial charge is 0.481 e. The van der Waals surface area contributed by atoms with Crippen LogP contribution in [-0.2, 0) is 9.59 Å². The molecule has 0 heterocycles. The molecular formula is C8H16N2O3. The van der Waals surface area contributed by atoms with E-state index in [-0.39, 0.29) is 18.4 Å². The Bertz CT molecular complexity index is 182.